The van der Waals surface area contributed by atoms with Crippen LogP contribution in [0.2, 0.25) is 0 Å². The molecule has 1 heterocycles. The van der Waals surface area contributed by atoms with Crippen molar-refractivity contribution >= 4 is 33.4 Å². The van der Waals surface area contributed by atoms with E-state index >= 15 is 0 Å². The fourth-order valence-electron chi connectivity index (χ4n) is 3.15. The van der Waals surface area contributed by atoms with Gasteiger partial charge in [0.05, 0.1) is 10.6 Å². The lowest BCUT2D eigenvalue weighted by Gasteiger charge is -2.33. The fraction of sp³-hybridized carbons (Fsp3) is 0.316. The van der Waals surface area contributed by atoms with Gasteiger partial charge in [-0.25, -0.2) is 8.42 Å². The first-order valence-corrected chi connectivity index (χ1v) is 11.2. The Hall–Kier alpha value is -1.83. The Bertz CT molecular complexity index is 869. The number of nitrogens with one attached hydrogen (secondary N) is 1. The van der Waals surface area contributed by atoms with E-state index in [1.54, 1.807) is 42.1 Å². The van der Waals surface area contributed by atoms with Crippen molar-refractivity contribution in [1.29, 1.82) is 0 Å². The van der Waals surface area contributed by atoms with Gasteiger partial charge in [-0.1, -0.05) is 36.8 Å². The highest BCUT2D eigenvalue weighted by Crippen LogP contribution is 2.28. The molecule has 7 heteroatoms. The van der Waals surface area contributed by atoms with Crippen LogP contribution in [0.4, 0.5) is 5.69 Å². The highest BCUT2D eigenvalue weighted by molar-refractivity contribution is 7.98. The summed E-state index contributed by atoms with van der Waals surface area (Å²) in [5, 5.41) is 2.92. The third-order valence-electron chi connectivity index (χ3n) is 4.47. The molecule has 1 aliphatic heterocycles. The maximum absolute atomic E-state index is 13.0. The molecule has 2 aromatic carbocycles. The lowest BCUT2D eigenvalue weighted by atomic mass is 10.0. The normalized spacial score (nSPS) is 18.4. The number of anilines is 1. The zero-order valence-corrected chi connectivity index (χ0v) is 16.2. The van der Waals surface area contributed by atoms with E-state index in [2.05, 4.69) is 5.32 Å². The Morgan fingerprint density at radius 3 is 2.50 bits per heavy atom. The van der Waals surface area contributed by atoms with Gasteiger partial charge >= 0.3 is 0 Å². The first-order valence-electron chi connectivity index (χ1n) is 8.55. The molecule has 1 fully saturated rings. The van der Waals surface area contributed by atoms with Crippen molar-refractivity contribution in [1.82, 2.24) is 4.31 Å². The summed E-state index contributed by atoms with van der Waals surface area (Å²) in [7, 11) is -3.70. The molecule has 0 aliphatic carbocycles. The molecule has 1 N–H and O–H groups in total. The Balaban J connectivity index is 1.86. The number of hydrogen-bond donors (Lipinski definition) is 1. The lowest BCUT2D eigenvalue weighted by molar-refractivity contribution is -0.120. The standard InChI is InChI=1S/C19H22N2O3S2/c1-25-18-13-6-5-11-16(18)20-19(22)17-12-7-8-14-21(17)26(23,24)15-9-3-2-4-10-15/h2-6,9-11,13,17H,7-8,12,14H2,1H3,(H,20,22). The largest absolute Gasteiger partial charge is 0.324 e. The first-order chi connectivity index (χ1) is 12.5. The monoisotopic (exact) mass is 390 g/mol. The molecule has 1 aliphatic rings. The van der Waals surface area contributed by atoms with Gasteiger partial charge in [-0.3, -0.25) is 4.79 Å². The average molecular weight is 391 g/mol. The molecule has 3 rings (SSSR count). The second-order valence-corrected chi connectivity index (χ2v) is 8.87. The number of benzene rings is 2. The Morgan fingerprint density at radius 2 is 1.77 bits per heavy atom. The number of carbonyl (C=O) groups excluding carboxylic acids is 1. The van der Waals surface area contributed by atoms with Gasteiger partial charge in [0.15, 0.2) is 0 Å². The van der Waals surface area contributed by atoms with Gasteiger partial charge in [-0.15, -0.1) is 11.8 Å². The molecule has 1 atom stereocenters. The van der Waals surface area contributed by atoms with E-state index in [0.717, 1.165) is 17.7 Å². The molecule has 1 unspecified atom stereocenters. The van der Waals surface area contributed by atoms with E-state index in [-0.39, 0.29) is 10.8 Å². The van der Waals surface area contributed by atoms with Gasteiger partial charge in [0, 0.05) is 11.4 Å². The molecule has 0 aromatic heterocycles. The fourth-order valence-corrected chi connectivity index (χ4v) is 5.38. The number of para-hydroxylation sites is 1. The number of sulfonamides is 1. The first kappa shape index (κ1) is 18.9. The molecule has 1 saturated heterocycles. The highest BCUT2D eigenvalue weighted by Gasteiger charge is 2.37. The molecule has 0 bridgehead atoms. The Morgan fingerprint density at radius 1 is 1.08 bits per heavy atom. The zero-order valence-electron chi connectivity index (χ0n) is 14.6. The van der Waals surface area contributed by atoms with Gasteiger partial charge in [0.2, 0.25) is 15.9 Å². The molecule has 5 nitrogen and oxygen atoms in total. The molecule has 1 amide bonds. The van der Waals surface area contributed by atoms with Gasteiger partial charge in [-0.05, 0) is 43.4 Å². The van der Waals surface area contributed by atoms with Gasteiger partial charge < -0.3 is 5.32 Å². The molecule has 0 saturated carbocycles. The maximum atomic E-state index is 13.0. The van der Waals surface area contributed by atoms with Crippen LogP contribution in [0.25, 0.3) is 0 Å². The number of rotatable bonds is 5. The SMILES string of the molecule is CSc1ccccc1NC(=O)C1CCCCN1S(=O)(=O)c1ccccc1. The van der Waals surface area contributed by atoms with Crippen LogP contribution in [-0.2, 0) is 14.8 Å². The predicted octanol–water partition coefficient (Wildman–Crippen LogP) is 3.59. The van der Waals surface area contributed by atoms with Crippen molar-refractivity contribution < 1.29 is 13.2 Å². The van der Waals surface area contributed by atoms with Crippen LogP contribution in [0, 0.1) is 0 Å². The van der Waals surface area contributed by atoms with Crippen LogP contribution in [0.15, 0.2) is 64.4 Å². The summed E-state index contributed by atoms with van der Waals surface area (Å²) in [5.41, 5.74) is 0.715. The highest BCUT2D eigenvalue weighted by atomic mass is 32.2. The van der Waals surface area contributed by atoms with E-state index in [0.29, 0.717) is 18.7 Å². The Kier molecular flexibility index (Phi) is 6.01. The summed E-state index contributed by atoms with van der Waals surface area (Å²) in [4.78, 5) is 14.1. The van der Waals surface area contributed by atoms with Crippen LogP contribution in [0.1, 0.15) is 19.3 Å². The van der Waals surface area contributed by atoms with Crippen molar-refractivity contribution in [2.45, 2.75) is 35.1 Å². The summed E-state index contributed by atoms with van der Waals surface area (Å²) < 4.78 is 27.4. The van der Waals surface area contributed by atoms with Crippen molar-refractivity contribution in [3.8, 4) is 0 Å². The molecular formula is C19H22N2O3S2. The summed E-state index contributed by atoms with van der Waals surface area (Å²) >= 11 is 1.54. The molecule has 0 radical (unpaired) electrons. The maximum Gasteiger partial charge on any atom is 0.243 e. The van der Waals surface area contributed by atoms with Crippen LogP contribution in [0.5, 0.6) is 0 Å². The van der Waals surface area contributed by atoms with Crippen LogP contribution in [-0.4, -0.2) is 37.5 Å². The summed E-state index contributed by atoms with van der Waals surface area (Å²) in [6.45, 7) is 0.361. The van der Waals surface area contributed by atoms with Crippen molar-refractivity contribution in [3.63, 3.8) is 0 Å². The number of piperidine rings is 1. The zero-order chi connectivity index (χ0) is 18.6. The number of amides is 1. The van der Waals surface area contributed by atoms with Gasteiger partial charge in [0.25, 0.3) is 0 Å². The van der Waals surface area contributed by atoms with Crippen molar-refractivity contribution in [2.75, 3.05) is 18.1 Å². The van der Waals surface area contributed by atoms with Gasteiger partial charge in [0.1, 0.15) is 6.04 Å². The number of nitrogens with zero attached hydrogens (tertiary/aromatic N) is 1. The second kappa shape index (κ2) is 8.24. The minimum atomic E-state index is -3.70. The Labute approximate surface area is 158 Å². The average Bonchev–Trinajstić information content (AvgIpc) is 2.69. The molecule has 138 valence electrons. The summed E-state index contributed by atoms with van der Waals surface area (Å²) in [6.07, 6.45) is 4.07. The van der Waals surface area contributed by atoms with Crippen molar-refractivity contribution in [3.05, 3.63) is 54.6 Å². The minimum Gasteiger partial charge on any atom is -0.324 e. The van der Waals surface area contributed by atoms with Crippen LogP contribution >= 0.6 is 11.8 Å². The van der Waals surface area contributed by atoms with Crippen molar-refractivity contribution in [2.24, 2.45) is 0 Å². The van der Waals surface area contributed by atoms with Crippen LogP contribution < -0.4 is 5.32 Å². The number of hydrogen-bond acceptors (Lipinski definition) is 4. The third kappa shape index (κ3) is 3.95. The number of carbonyl (C=O) groups is 1. The van der Waals surface area contributed by atoms with Crippen LogP contribution in [0.3, 0.4) is 0 Å². The molecular weight excluding hydrogens is 368 g/mol. The quantitative estimate of drug-likeness (QED) is 0.793. The molecule has 0 spiro atoms. The topological polar surface area (TPSA) is 66.5 Å². The summed E-state index contributed by atoms with van der Waals surface area (Å²) in [5.74, 6) is -0.272. The van der Waals surface area contributed by atoms with E-state index in [1.165, 1.54) is 4.31 Å². The number of thioether (sulfide) groups is 1. The van der Waals surface area contributed by atoms with E-state index in [1.807, 2.05) is 30.5 Å². The van der Waals surface area contributed by atoms with Gasteiger partial charge in [-0.2, -0.15) is 4.31 Å². The smallest absolute Gasteiger partial charge is 0.243 e. The predicted molar refractivity (Wildman–Crippen MR) is 105 cm³/mol. The minimum absolute atomic E-state index is 0.226. The molecule has 2 aromatic rings. The lowest BCUT2D eigenvalue weighted by Crippen LogP contribution is -2.49. The second-order valence-electron chi connectivity index (χ2n) is 6.13. The van der Waals surface area contributed by atoms with E-state index < -0.39 is 16.1 Å². The summed E-state index contributed by atoms with van der Waals surface area (Å²) in [6, 6.07) is 15.2. The molecule has 26 heavy (non-hydrogen) atoms. The van der Waals surface area contributed by atoms with E-state index in [4.69, 9.17) is 0 Å². The van der Waals surface area contributed by atoms with E-state index in [9.17, 15) is 13.2 Å². The third-order valence-corrected chi connectivity index (χ3v) is 7.19.